The average molecular weight is 198 g/mol. The summed E-state index contributed by atoms with van der Waals surface area (Å²) in [5.41, 5.74) is 0. The van der Waals surface area contributed by atoms with Crippen molar-refractivity contribution in [3.63, 3.8) is 0 Å². The molecule has 1 fully saturated rings. The summed E-state index contributed by atoms with van der Waals surface area (Å²) in [6.07, 6.45) is 1.39. The molecule has 0 spiro atoms. The molecule has 0 amide bonds. The van der Waals surface area contributed by atoms with Gasteiger partial charge in [-0.25, -0.2) is 0 Å². The molecule has 0 bridgehead atoms. The van der Waals surface area contributed by atoms with E-state index >= 15 is 0 Å². The summed E-state index contributed by atoms with van der Waals surface area (Å²) in [6.45, 7) is 14.1. The lowest BCUT2D eigenvalue weighted by Crippen LogP contribution is -2.37. The van der Waals surface area contributed by atoms with E-state index in [-0.39, 0.29) is 0 Å². The SMILES string of the molecule is CC1CCN(CCNC(C)C(C)C)C1. The highest BCUT2D eigenvalue weighted by atomic mass is 15.2. The first-order valence-electron chi connectivity index (χ1n) is 6.05. The van der Waals surface area contributed by atoms with Gasteiger partial charge in [-0.2, -0.15) is 0 Å². The molecular formula is C12H26N2. The van der Waals surface area contributed by atoms with Crippen LogP contribution in [0.5, 0.6) is 0 Å². The summed E-state index contributed by atoms with van der Waals surface area (Å²) in [6, 6.07) is 0.648. The molecule has 14 heavy (non-hydrogen) atoms. The van der Waals surface area contributed by atoms with Crippen molar-refractivity contribution in [2.45, 2.75) is 40.2 Å². The second kappa shape index (κ2) is 5.72. The van der Waals surface area contributed by atoms with Crippen LogP contribution in [-0.2, 0) is 0 Å². The van der Waals surface area contributed by atoms with Crippen LogP contribution in [0.25, 0.3) is 0 Å². The van der Waals surface area contributed by atoms with Crippen LogP contribution in [-0.4, -0.2) is 37.1 Å². The number of hydrogen-bond donors (Lipinski definition) is 1. The highest BCUT2D eigenvalue weighted by Crippen LogP contribution is 2.13. The number of nitrogens with one attached hydrogen (secondary N) is 1. The Balaban J connectivity index is 2.04. The normalized spacial score (nSPS) is 25.9. The van der Waals surface area contributed by atoms with Gasteiger partial charge >= 0.3 is 0 Å². The van der Waals surface area contributed by atoms with E-state index in [0.717, 1.165) is 18.4 Å². The van der Waals surface area contributed by atoms with Gasteiger partial charge in [-0.15, -0.1) is 0 Å². The fourth-order valence-corrected chi connectivity index (χ4v) is 1.92. The Morgan fingerprint density at radius 3 is 2.57 bits per heavy atom. The fourth-order valence-electron chi connectivity index (χ4n) is 1.92. The van der Waals surface area contributed by atoms with Crippen LogP contribution in [0.4, 0.5) is 0 Å². The van der Waals surface area contributed by atoms with Crippen molar-refractivity contribution in [1.82, 2.24) is 10.2 Å². The van der Waals surface area contributed by atoms with E-state index in [4.69, 9.17) is 0 Å². The van der Waals surface area contributed by atoms with Crippen LogP contribution < -0.4 is 5.32 Å². The van der Waals surface area contributed by atoms with Gasteiger partial charge in [0.05, 0.1) is 0 Å². The van der Waals surface area contributed by atoms with Gasteiger partial charge in [-0.1, -0.05) is 20.8 Å². The van der Waals surface area contributed by atoms with Gasteiger partial charge in [0, 0.05) is 25.7 Å². The minimum atomic E-state index is 0.648. The number of rotatable bonds is 5. The lowest BCUT2D eigenvalue weighted by molar-refractivity contribution is 0.309. The molecule has 2 nitrogen and oxygen atoms in total. The lowest BCUT2D eigenvalue weighted by Gasteiger charge is -2.20. The van der Waals surface area contributed by atoms with Crippen LogP contribution >= 0.6 is 0 Å². The Kier molecular flexibility index (Phi) is 4.90. The smallest absolute Gasteiger partial charge is 0.0107 e. The molecule has 1 heterocycles. The number of nitrogens with zero attached hydrogens (tertiary/aromatic N) is 1. The maximum Gasteiger partial charge on any atom is 0.0107 e. The summed E-state index contributed by atoms with van der Waals surface area (Å²) in [4.78, 5) is 2.57. The molecule has 1 saturated heterocycles. The maximum absolute atomic E-state index is 3.58. The molecule has 1 aliphatic rings. The Bertz CT molecular complexity index is 156. The second-order valence-electron chi connectivity index (χ2n) is 5.18. The molecule has 84 valence electrons. The van der Waals surface area contributed by atoms with Gasteiger partial charge in [-0.05, 0) is 31.7 Å². The van der Waals surface area contributed by atoms with Crippen molar-refractivity contribution in [2.75, 3.05) is 26.2 Å². The van der Waals surface area contributed by atoms with Crippen molar-refractivity contribution in [2.24, 2.45) is 11.8 Å². The highest BCUT2D eigenvalue weighted by molar-refractivity contribution is 4.73. The summed E-state index contributed by atoms with van der Waals surface area (Å²) < 4.78 is 0. The fraction of sp³-hybridized carbons (Fsp3) is 1.00. The van der Waals surface area contributed by atoms with E-state index in [1.807, 2.05) is 0 Å². The van der Waals surface area contributed by atoms with E-state index in [0.29, 0.717) is 6.04 Å². The summed E-state index contributed by atoms with van der Waals surface area (Å²) in [5.74, 6) is 1.66. The molecular weight excluding hydrogens is 172 g/mol. The van der Waals surface area contributed by atoms with Crippen LogP contribution in [0.1, 0.15) is 34.1 Å². The van der Waals surface area contributed by atoms with E-state index in [1.165, 1.54) is 26.1 Å². The Labute approximate surface area is 89.1 Å². The van der Waals surface area contributed by atoms with Gasteiger partial charge in [0.1, 0.15) is 0 Å². The molecule has 0 saturated carbocycles. The molecule has 1 N–H and O–H groups in total. The Hall–Kier alpha value is -0.0800. The molecule has 0 aromatic rings. The quantitative estimate of drug-likeness (QED) is 0.726. The van der Waals surface area contributed by atoms with Gasteiger partial charge in [-0.3, -0.25) is 0 Å². The third kappa shape index (κ3) is 3.97. The van der Waals surface area contributed by atoms with Crippen molar-refractivity contribution in [3.05, 3.63) is 0 Å². The van der Waals surface area contributed by atoms with Crippen LogP contribution in [0, 0.1) is 11.8 Å². The molecule has 0 aromatic carbocycles. The van der Waals surface area contributed by atoms with E-state index in [1.54, 1.807) is 0 Å². The third-order valence-corrected chi connectivity index (χ3v) is 3.40. The zero-order valence-electron chi connectivity index (χ0n) is 10.2. The zero-order chi connectivity index (χ0) is 10.6. The highest BCUT2D eigenvalue weighted by Gasteiger charge is 2.17. The molecule has 0 aromatic heterocycles. The first kappa shape index (κ1) is 12.0. The van der Waals surface area contributed by atoms with Crippen molar-refractivity contribution in [3.8, 4) is 0 Å². The van der Waals surface area contributed by atoms with Gasteiger partial charge in [0.25, 0.3) is 0 Å². The average Bonchev–Trinajstić information content (AvgIpc) is 2.51. The Morgan fingerprint density at radius 2 is 2.07 bits per heavy atom. The zero-order valence-corrected chi connectivity index (χ0v) is 10.2. The Morgan fingerprint density at radius 1 is 1.36 bits per heavy atom. The van der Waals surface area contributed by atoms with Gasteiger partial charge in [0.2, 0.25) is 0 Å². The monoisotopic (exact) mass is 198 g/mol. The topological polar surface area (TPSA) is 15.3 Å². The third-order valence-electron chi connectivity index (χ3n) is 3.40. The van der Waals surface area contributed by atoms with Gasteiger partial charge < -0.3 is 10.2 Å². The molecule has 1 rings (SSSR count). The molecule has 0 radical (unpaired) electrons. The minimum absolute atomic E-state index is 0.648. The molecule has 0 aliphatic carbocycles. The maximum atomic E-state index is 3.58. The minimum Gasteiger partial charge on any atom is -0.313 e. The van der Waals surface area contributed by atoms with Crippen molar-refractivity contribution >= 4 is 0 Å². The van der Waals surface area contributed by atoms with Crippen LogP contribution in [0.2, 0.25) is 0 Å². The summed E-state index contributed by atoms with van der Waals surface area (Å²) in [5, 5.41) is 3.58. The predicted molar refractivity (Wildman–Crippen MR) is 62.5 cm³/mol. The first-order chi connectivity index (χ1) is 6.59. The van der Waals surface area contributed by atoms with Crippen LogP contribution in [0.3, 0.4) is 0 Å². The van der Waals surface area contributed by atoms with E-state index in [2.05, 4.69) is 37.9 Å². The number of hydrogen-bond acceptors (Lipinski definition) is 2. The van der Waals surface area contributed by atoms with Crippen molar-refractivity contribution < 1.29 is 0 Å². The molecule has 2 atom stereocenters. The molecule has 2 unspecified atom stereocenters. The largest absolute Gasteiger partial charge is 0.313 e. The number of likely N-dealkylation sites (tertiary alicyclic amines) is 1. The lowest BCUT2D eigenvalue weighted by atomic mass is 10.1. The van der Waals surface area contributed by atoms with Crippen LogP contribution in [0.15, 0.2) is 0 Å². The van der Waals surface area contributed by atoms with Gasteiger partial charge in [0.15, 0.2) is 0 Å². The summed E-state index contributed by atoms with van der Waals surface area (Å²) in [7, 11) is 0. The van der Waals surface area contributed by atoms with E-state index in [9.17, 15) is 0 Å². The summed E-state index contributed by atoms with van der Waals surface area (Å²) >= 11 is 0. The standard InChI is InChI=1S/C12H26N2/c1-10(2)12(4)13-6-8-14-7-5-11(3)9-14/h10-13H,5-9H2,1-4H3. The molecule has 1 aliphatic heterocycles. The molecule has 2 heteroatoms. The first-order valence-corrected chi connectivity index (χ1v) is 6.05. The predicted octanol–water partition coefficient (Wildman–Crippen LogP) is 1.96. The second-order valence-corrected chi connectivity index (χ2v) is 5.18. The van der Waals surface area contributed by atoms with Crippen molar-refractivity contribution in [1.29, 1.82) is 0 Å². The van der Waals surface area contributed by atoms with E-state index < -0.39 is 0 Å².